The Morgan fingerprint density at radius 3 is 2.63 bits per heavy atom. The van der Waals surface area contributed by atoms with Gasteiger partial charge < -0.3 is 4.90 Å². The molecule has 0 bridgehead atoms. The molecule has 6 nitrogen and oxygen atoms in total. The zero-order valence-electron chi connectivity index (χ0n) is 17.5. The molecule has 30 heavy (non-hydrogen) atoms. The summed E-state index contributed by atoms with van der Waals surface area (Å²) in [6.07, 6.45) is 0.250. The van der Waals surface area contributed by atoms with Crippen LogP contribution in [0.4, 0.5) is 5.69 Å². The van der Waals surface area contributed by atoms with Gasteiger partial charge in [0.1, 0.15) is 4.83 Å². The second-order valence-corrected chi connectivity index (χ2v) is 9.35. The summed E-state index contributed by atoms with van der Waals surface area (Å²) in [5.41, 5.74) is 1.67. The van der Waals surface area contributed by atoms with Crippen molar-refractivity contribution in [3.63, 3.8) is 0 Å². The van der Waals surface area contributed by atoms with Crippen LogP contribution in [0.2, 0.25) is 0 Å². The molecule has 1 aromatic carbocycles. The molecule has 3 aromatic rings. The number of nitriles is 1. The fraction of sp³-hybridized carbons (Fsp3) is 0.364. The second-order valence-electron chi connectivity index (χ2n) is 7.20. The number of nitrogens with zero attached hydrogens (tertiary/aromatic N) is 4. The molecule has 2 aromatic heterocycles. The number of anilines is 1. The minimum absolute atomic E-state index is 0.0591. The van der Waals surface area contributed by atoms with Gasteiger partial charge in [-0.3, -0.25) is 14.2 Å². The van der Waals surface area contributed by atoms with E-state index in [-0.39, 0.29) is 29.7 Å². The molecule has 0 fully saturated rings. The first-order valence-corrected chi connectivity index (χ1v) is 11.5. The van der Waals surface area contributed by atoms with Gasteiger partial charge >= 0.3 is 0 Å². The normalized spacial score (nSPS) is 11.1. The molecule has 0 aliphatic rings. The summed E-state index contributed by atoms with van der Waals surface area (Å²) in [5, 5.41) is 10.2. The van der Waals surface area contributed by atoms with Crippen molar-refractivity contribution in [1.82, 2.24) is 9.55 Å². The summed E-state index contributed by atoms with van der Waals surface area (Å²) < 4.78 is 1.67. The van der Waals surface area contributed by atoms with Crippen molar-refractivity contribution < 1.29 is 4.79 Å². The molecule has 0 atom stereocenters. The average molecular weight is 441 g/mol. The lowest BCUT2D eigenvalue weighted by Gasteiger charge is -2.22. The first-order valence-electron chi connectivity index (χ1n) is 9.72. The summed E-state index contributed by atoms with van der Waals surface area (Å²) >= 11 is 2.78. The molecule has 1 amide bonds. The number of fused-ring (bicyclic) bond motifs is 1. The monoisotopic (exact) mass is 440 g/mol. The second kappa shape index (κ2) is 9.45. The SMILES string of the molecule is Cc1sc2nc(SCC(=O)N(CCC#N)c3ccccc3)n(C(C)C)c(=O)c2c1C. The standard InChI is InChI=1S/C22H24N4O2S2/c1-14(2)26-21(28)19-15(3)16(4)30-20(19)24-22(26)29-13-18(27)25(12-8-11-23)17-9-6-5-7-10-17/h5-7,9-10,14H,8,12-13H2,1-4H3. The topological polar surface area (TPSA) is 79.0 Å². The van der Waals surface area contributed by atoms with Gasteiger partial charge in [0.25, 0.3) is 5.56 Å². The lowest BCUT2D eigenvalue weighted by atomic mass is 10.2. The third-order valence-corrected chi connectivity index (χ3v) is 6.90. The van der Waals surface area contributed by atoms with Crippen LogP contribution in [0.5, 0.6) is 0 Å². The minimum atomic E-state index is -0.121. The number of aromatic nitrogens is 2. The summed E-state index contributed by atoms with van der Waals surface area (Å²) in [7, 11) is 0. The zero-order valence-corrected chi connectivity index (χ0v) is 19.1. The van der Waals surface area contributed by atoms with Gasteiger partial charge in [-0.15, -0.1) is 11.3 Å². The average Bonchev–Trinajstić information content (AvgIpc) is 3.01. The Morgan fingerprint density at radius 2 is 2.00 bits per heavy atom. The number of benzene rings is 1. The Morgan fingerprint density at radius 1 is 1.30 bits per heavy atom. The van der Waals surface area contributed by atoms with Crippen LogP contribution >= 0.6 is 23.1 Å². The molecular weight excluding hydrogens is 416 g/mol. The van der Waals surface area contributed by atoms with Crippen LogP contribution in [-0.2, 0) is 4.79 Å². The van der Waals surface area contributed by atoms with Crippen molar-refractivity contribution >= 4 is 44.9 Å². The van der Waals surface area contributed by atoms with Gasteiger partial charge in [0, 0.05) is 23.2 Å². The van der Waals surface area contributed by atoms with E-state index in [2.05, 4.69) is 6.07 Å². The Bertz CT molecular complexity index is 1160. The van der Waals surface area contributed by atoms with E-state index in [1.807, 2.05) is 58.0 Å². The van der Waals surface area contributed by atoms with E-state index in [1.54, 1.807) is 9.47 Å². The van der Waals surface area contributed by atoms with Crippen molar-refractivity contribution in [2.45, 2.75) is 45.3 Å². The number of hydrogen-bond donors (Lipinski definition) is 0. The number of para-hydroxylation sites is 1. The maximum absolute atomic E-state index is 13.2. The van der Waals surface area contributed by atoms with Gasteiger partial charge in [-0.2, -0.15) is 5.26 Å². The van der Waals surface area contributed by atoms with Crippen LogP contribution in [0.3, 0.4) is 0 Å². The van der Waals surface area contributed by atoms with E-state index in [0.29, 0.717) is 21.9 Å². The van der Waals surface area contributed by atoms with Gasteiger partial charge in [0.2, 0.25) is 5.91 Å². The third-order valence-electron chi connectivity index (χ3n) is 4.86. The number of aryl methyl sites for hydroxylation is 2. The first kappa shape index (κ1) is 22.1. The van der Waals surface area contributed by atoms with E-state index in [0.717, 1.165) is 16.1 Å². The largest absolute Gasteiger partial charge is 0.311 e. The van der Waals surface area contributed by atoms with E-state index in [9.17, 15) is 9.59 Å². The molecular formula is C22H24N4O2S2. The summed E-state index contributed by atoms with van der Waals surface area (Å²) in [6, 6.07) is 11.3. The Hall–Kier alpha value is -2.63. The maximum atomic E-state index is 13.2. The number of thioether (sulfide) groups is 1. The van der Waals surface area contributed by atoms with Crippen LogP contribution in [0, 0.1) is 25.2 Å². The van der Waals surface area contributed by atoms with Crippen LogP contribution < -0.4 is 10.5 Å². The maximum Gasteiger partial charge on any atom is 0.263 e. The Kier molecular flexibility index (Phi) is 6.95. The van der Waals surface area contributed by atoms with Crippen molar-refractivity contribution in [3.05, 3.63) is 51.1 Å². The lowest BCUT2D eigenvalue weighted by molar-refractivity contribution is -0.116. The number of rotatable bonds is 7. The zero-order chi connectivity index (χ0) is 21.8. The lowest BCUT2D eigenvalue weighted by Crippen LogP contribution is -2.33. The molecule has 0 unspecified atom stereocenters. The first-order chi connectivity index (χ1) is 14.3. The van der Waals surface area contributed by atoms with Crippen molar-refractivity contribution in [2.75, 3.05) is 17.2 Å². The van der Waals surface area contributed by atoms with E-state index < -0.39 is 0 Å². The van der Waals surface area contributed by atoms with Crippen molar-refractivity contribution in [2.24, 2.45) is 0 Å². The molecule has 0 saturated carbocycles. The third kappa shape index (κ3) is 4.42. The van der Waals surface area contributed by atoms with Crippen LogP contribution in [0.1, 0.15) is 36.8 Å². The summed E-state index contributed by atoms with van der Waals surface area (Å²) in [4.78, 5) is 34.3. The fourth-order valence-electron chi connectivity index (χ4n) is 3.22. The summed E-state index contributed by atoms with van der Waals surface area (Å²) in [6.45, 7) is 8.15. The molecule has 156 valence electrons. The Balaban J connectivity index is 1.92. The predicted molar refractivity (Wildman–Crippen MR) is 123 cm³/mol. The van der Waals surface area contributed by atoms with Crippen molar-refractivity contribution in [3.8, 4) is 6.07 Å². The van der Waals surface area contributed by atoms with Gasteiger partial charge in [-0.05, 0) is 45.4 Å². The predicted octanol–water partition coefficient (Wildman–Crippen LogP) is 4.69. The number of amides is 1. The molecule has 0 N–H and O–H groups in total. The Labute approximate surface area is 184 Å². The highest BCUT2D eigenvalue weighted by atomic mass is 32.2. The number of hydrogen-bond acceptors (Lipinski definition) is 6. The van der Waals surface area contributed by atoms with Gasteiger partial charge in [0.15, 0.2) is 5.16 Å². The van der Waals surface area contributed by atoms with Crippen LogP contribution in [0.25, 0.3) is 10.2 Å². The molecule has 0 radical (unpaired) electrons. The van der Waals surface area contributed by atoms with Crippen molar-refractivity contribution in [1.29, 1.82) is 5.26 Å². The van der Waals surface area contributed by atoms with Crippen LogP contribution in [0.15, 0.2) is 40.3 Å². The molecule has 0 aliphatic heterocycles. The number of carbonyl (C=O) groups excluding carboxylic acids is 1. The van der Waals surface area contributed by atoms with E-state index in [1.165, 1.54) is 23.1 Å². The number of carbonyl (C=O) groups is 1. The number of thiophene rings is 1. The highest BCUT2D eigenvalue weighted by molar-refractivity contribution is 7.99. The van der Waals surface area contributed by atoms with Gasteiger partial charge in [0.05, 0.1) is 23.6 Å². The molecule has 0 spiro atoms. The smallest absolute Gasteiger partial charge is 0.263 e. The minimum Gasteiger partial charge on any atom is -0.311 e. The van der Waals surface area contributed by atoms with E-state index in [4.69, 9.17) is 10.2 Å². The molecule has 2 heterocycles. The summed E-state index contributed by atoms with van der Waals surface area (Å²) in [5.74, 6) is 0.0126. The molecule has 3 rings (SSSR count). The molecule has 8 heteroatoms. The van der Waals surface area contributed by atoms with E-state index >= 15 is 0 Å². The van der Waals surface area contributed by atoms with Gasteiger partial charge in [-0.1, -0.05) is 30.0 Å². The van der Waals surface area contributed by atoms with Gasteiger partial charge in [-0.25, -0.2) is 4.98 Å². The highest BCUT2D eigenvalue weighted by Gasteiger charge is 2.21. The highest BCUT2D eigenvalue weighted by Crippen LogP contribution is 2.29. The molecule has 0 aliphatic carbocycles. The quantitative estimate of drug-likeness (QED) is 0.393. The molecule has 0 saturated heterocycles. The fourth-order valence-corrected chi connectivity index (χ4v) is 5.29. The van der Waals surface area contributed by atoms with Crippen LogP contribution in [-0.4, -0.2) is 27.8 Å².